The van der Waals surface area contributed by atoms with Gasteiger partial charge in [-0.15, -0.1) is 0 Å². The molecule has 1 aromatic rings. The molecule has 1 saturated heterocycles. The number of fused-ring (bicyclic) bond motifs is 1. The predicted molar refractivity (Wildman–Crippen MR) is 96.9 cm³/mol. The summed E-state index contributed by atoms with van der Waals surface area (Å²) < 4.78 is 23.2. The van der Waals surface area contributed by atoms with E-state index in [0.29, 0.717) is 41.6 Å². The number of hydrogen-bond acceptors (Lipinski definition) is 7. The molecule has 0 aromatic carbocycles. The average Bonchev–Trinajstić information content (AvgIpc) is 2.88. The first-order valence-electron chi connectivity index (χ1n) is 8.29. The van der Waals surface area contributed by atoms with Crippen LogP contribution in [0.2, 0.25) is 0 Å². The predicted octanol–water partition coefficient (Wildman–Crippen LogP) is 1.40. The van der Waals surface area contributed by atoms with E-state index in [1.165, 1.54) is 0 Å². The highest BCUT2D eigenvalue weighted by Crippen LogP contribution is 2.39. The molecule has 1 amide bonds. The molecule has 25 heavy (non-hydrogen) atoms. The van der Waals surface area contributed by atoms with Gasteiger partial charge in [0.1, 0.15) is 0 Å². The van der Waals surface area contributed by atoms with E-state index in [2.05, 4.69) is 15.6 Å². The number of sulfone groups is 1. The van der Waals surface area contributed by atoms with Gasteiger partial charge in [0.15, 0.2) is 25.5 Å². The number of aromatic nitrogens is 1. The summed E-state index contributed by atoms with van der Waals surface area (Å²) in [6.45, 7) is 4.97. The Hall–Kier alpha value is -1.32. The second-order valence-corrected chi connectivity index (χ2v) is 11.0. The quantitative estimate of drug-likeness (QED) is 0.815. The Balaban J connectivity index is 1.88. The summed E-state index contributed by atoms with van der Waals surface area (Å²) in [6.07, 6.45) is 2.69. The Labute approximate surface area is 151 Å². The van der Waals surface area contributed by atoms with Crippen molar-refractivity contribution in [2.45, 2.75) is 44.3 Å². The van der Waals surface area contributed by atoms with E-state index in [1.54, 1.807) is 0 Å². The number of piperidine rings is 1. The SMILES string of the molecule is CC1(C)CC(=O)c2sc(NC(=O)C3(S(C)(=O)=O)CCNCC3)nc2C1. The molecule has 2 aliphatic rings. The van der Waals surface area contributed by atoms with Crippen molar-refractivity contribution in [2.24, 2.45) is 5.41 Å². The van der Waals surface area contributed by atoms with Crippen LogP contribution in [0.25, 0.3) is 0 Å². The normalized spacial score (nSPS) is 22.3. The summed E-state index contributed by atoms with van der Waals surface area (Å²) in [5.41, 5.74) is 0.544. The van der Waals surface area contributed by atoms with Crippen molar-refractivity contribution in [3.63, 3.8) is 0 Å². The molecule has 1 aliphatic heterocycles. The van der Waals surface area contributed by atoms with Crippen molar-refractivity contribution in [1.82, 2.24) is 10.3 Å². The summed E-state index contributed by atoms with van der Waals surface area (Å²) in [4.78, 5) is 30.1. The zero-order valence-electron chi connectivity index (χ0n) is 14.6. The third kappa shape index (κ3) is 3.37. The minimum Gasteiger partial charge on any atom is -0.317 e. The maximum atomic E-state index is 12.8. The number of carbonyl (C=O) groups is 2. The zero-order chi connectivity index (χ0) is 18.5. The highest BCUT2D eigenvalue weighted by Gasteiger charge is 2.49. The van der Waals surface area contributed by atoms with E-state index >= 15 is 0 Å². The lowest BCUT2D eigenvalue weighted by molar-refractivity contribution is -0.119. The standard InChI is InChI=1S/C16H23N3O4S2/c1-15(2)8-10-12(11(20)9-15)24-14(18-10)19-13(21)16(25(3,22)23)4-6-17-7-5-16/h17H,4-9H2,1-3H3,(H,18,19,21). The monoisotopic (exact) mass is 385 g/mol. The fraction of sp³-hybridized carbons (Fsp3) is 0.688. The number of thiazole rings is 1. The van der Waals surface area contributed by atoms with Crippen LogP contribution in [0.4, 0.5) is 5.13 Å². The molecule has 7 nitrogen and oxygen atoms in total. The van der Waals surface area contributed by atoms with E-state index < -0.39 is 20.5 Å². The van der Waals surface area contributed by atoms with Crippen LogP contribution in [0.1, 0.15) is 48.5 Å². The smallest absolute Gasteiger partial charge is 0.247 e. The van der Waals surface area contributed by atoms with Crippen LogP contribution < -0.4 is 10.6 Å². The lowest BCUT2D eigenvalue weighted by Crippen LogP contribution is -2.55. The molecule has 0 spiro atoms. The third-order valence-corrected chi connectivity index (χ3v) is 8.06. The summed E-state index contributed by atoms with van der Waals surface area (Å²) in [5, 5.41) is 6.06. The molecule has 1 fully saturated rings. The molecule has 0 bridgehead atoms. The molecule has 9 heteroatoms. The Morgan fingerprint density at radius 2 is 1.88 bits per heavy atom. The molecule has 2 N–H and O–H groups in total. The largest absolute Gasteiger partial charge is 0.317 e. The topological polar surface area (TPSA) is 105 Å². The van der Waals surface area contributed by atoms with E-state index in [0.717, 1.165) is 17.6 Å². The first-order valence-corrected chi connectivity index (χ1v) is 11.0. The highest BCUT2D eigenvalue weighted by molar-refractivity contribution is 7.92. The first-order chi connectivity index (χ1) is 11.5. The van der Waals surface area contributed by atoms with E-state index in [1.807, 2.05) is 13.8 Å². The number of amides is 1. The molecule has 0 radical (unpaired) electrons. The number of rotatable bonds is 3. The Morgan fingerprint density at radius 1 is 1.24 bits per heavy atom. The third-order valence-electron chi connectivity index (χ3n) is 4.99. The van der Waals surface area contributed by atoms with Crippen LogP contribution in [0.3, 0.4) is 0 Å². The van der Waals surface area contributed by atoms with Crippen LogP contribution in [-0.4, -0.2) is 49.2 Å². The van der Waals surface area contributed by atoms with Crippen LogP contribution in [-0.2, 0) is 21.1 Å². The summed E-state index contributed by atoms with van der Waals surface area (Å²) in [6, 6.07) is 0. The first kappa shape index (κ1) is 18.5. The van der Waals surface area contributed by atoms with Gasteiger partial charge in [-0.05, 0) is 37.8 Å². The molecule has 2 heterocycles. The Bertz CT molecular complexity index is 820. The number of carbonyl (C=O) groups excluding carboxylic acids is 2. The lowest BCUT2D eigenvalue weighted by atomic mass is 9.78. The Kier molecular flexibility index (Phi) is 4.53. The van der Waals surface area contributed by atoms with Gasteiger partial charge in [0.05, 0.1) is 10.6 Å². The Morgan fingerprint density at radius 3 is 2.48 bits per heavy atom. The maximum Gasteiger partial charge on any atom is 0.247 e. The molecule has 0 unspecified atom stereocenters. The van der Waals surface area contributed by atoms with Gasteiger partial charge < -0.3 is 10.6 Å². The number of ketones is 1. The minimum atomic E-state index is -3.58. The number of hydrogen-bond donors (Lipinski definition) is 2. The summed E-state index contributed by atoms with van der Waals surface area (Å²) in [5.74, 6) is -0.516. The van der Waals surface area contributed by atoms with Gasteiger partial charge in [0, 0.05) is 12.7 Å². The van der Waals surface area contributed by atoms with Crippen molar-refractivity contribution in [3.8, 4) is 0 Å². The van der Waals surface area contributed by atoms with Gasteiger partial charge >= 0.3 is 0 Å². The van der Waals surface area contributed by atoms with Gasteiger partial charge in [-0.25, -0.2) is 13.4 Å². The number of anilines is 1. The van der Waals surface area contributed by atoms with E-state index in [4.69, 9.17) is 0 Å². The molecule has 1 aliphatic carbocycles. The van der Waals surface area contributed by atoms with Crippen LogP contribution >= 0.6 is 11.3 Å². The molecular weight excluding hydrogens is 362 g/mol. The van der Waals surface area contributed by atoms with Gasteiger partial charge in [-0.3, -0.25) is 9.59 Å². The molecule has 0 saturated carbocycles. The highest BCUT2D eigenvalue weighted by atomic mass is 32.2. The zero-order valence-corrected chi connectivity index (χ0v) is 16.3. The second-order valence-electron chi connectivity index (χ2n) is 7.71. The second kappa shape index (κ2) is 6.14. The van der Waals surface area contributed by atoms with E-state index in [-0.39, 0.29) is 24.0 Å². The van der Waals surface area contributed by atoms with Crippen molar-refractivity contribution in [2.75, 3.05) is 24.7 Å². The van der Waals surface area contributed by atoms with Gasteiger partial charge in [-0.1, -0.05) is 25.2 Å². The van der Waals surface area contributed by atoms with E-state index in [9.17, 15) is 18.0 Å². The fourth-order valence-electron chi connectivity index (χ4n) is 3.58. The van der Waals surface area contributed by atoms with Crippen LogP contribution in [0, 0.1) is 5.41 Å². The molecule has 3 rings (SSSR count). The number of nitrogens with one attached hydrogen (secondary N) is 2. The van der Waals surface area contributed by atoms with Gasteiger partial charge in [0.25, 0.3) is 0 Å². The number of Topliss-reactive ketones (excluding diaryl/α,β-unsaturated/α-hetero) is 1. The number of nitrogens with zero attached hydrogens (tertiary/aromatic N) is 1. The van der Waals surface area contributed by atoms with Crippen molar-refractivity contribution >= 4 is 38.0 Å². The molecule has 1 aromatic heterocycles. The van der Waals surface area contributed by atoms with Gasteiger partial charge in [-0.2, -0.15) is 0 Å². The van der Waals surface area contributed by atoms with Gasteiger partial charge in [0.2, 0.25) is 5.91 Å². The summed E-state index contributed by atoms with van der Waals surface area (Å²) >= 11 is 1.14. The van der Waals surface area contributed by atoms with Crippen molar-refractivity contribution < 1.29 is 18.0 Å². The van der Waals surface area contributed by atoms with Crippen LogP contribution in [0.5, 0.6) is 0 Å². The van der Waals surface area contributed by atoms with Crippen molar-refractivity contribution in [1.29, 1.82) is 0 Å². The van der Waals surface area contributed by atoms with Crippen molar-refractivity contribution in [3.05, 3.63) is 10.6 Å². The molecule has 138 valence electrons. The minimum absolute atomic E-state index is 0.0314. The van der Waals surface area contributed by atoms with Crippen LogP contribution in [0.15, 0.2) is 0 Å². The molecule has 0 atom stereocenters. The lowest BCUT2D eigenvalue weighted by Gasteiger charge is -2.33. The fourth-order valence-corrected chi connectivity index (χ4v) is 5.83. The average molecular weight is 386 g/mol. The molecular formula is C16H23N3O4S2. The summed E-state index contributed by atoms with van der Waals surface area (Å²) in [7, 11) is -3.58. The maximum absolute atomic E-state index is 12.8.